The third-order valence-electron chi connectivity index (χ3n) is 7.58. The summed E-state index contributed by atoms with van der Waals surface area (Å²) in [6.45, 7) is 7.05. The molecule has 7 nitrogen and oxygen atoms in total. The van der Waals surface area contributed by atoms with E-state index < -0.39 is 6.09 Å². The van der Waals surface area contributed by atoms with Crippen LogP contribution in [0.2, 0.25) is 0 Å². The molecule has 6 atom stereocenters. The van der Waals surface area contributed by atoms with Gasteiger partial charge in [0, 0.05) is 18.7 Å². The second-order valence-corrected chi connectivity index (χ2v) is 9.91. The molecule has 1 aromatic carbocycles. The Morgan fingerprint density at radius 3 is 2.73 bits per heavy atom. The van der Waals surface area contributed by atoms with Crippen LogP contribution in [0.25, 0.3) is 10.9 Å². The third-order valence-corrected chi connectivity index (χ3v) is 7.58. The molecule has 33 heavy (non-hydrogen) atoms. The smallest absolute Gasteiger partial charge is 0.418 e. The number of hydrogen-bond acceptors (Lipinski definition) is 6. The maximum absolute atomic E-state index is 13.2. The standard InChI is InChI=1S/C26H33NO6/c1-16(2)6-9-21-25(3,33-21)23-22(30-5)20(10-12-26(23)15-31-26)32-24(28)27-13-11-17-14-18(29-4)7-8-19(17)27/h6-8,11,13-14,20-23H,9-10,12,15H2,1-5H3/t20-,21-,22-,23-,25?,26+/m1/s1. The van der Waals surface area contributed by atoms with Crippen molar-refractivity contribution in [3.05, 3.63) is 42.1 Å². The van der Waals surface area contributed by atoms with Crippen LogP contribution >= 0.6 is 0 Å². The normalized spacial score (nSPS) is 34.8. The number of epoxide rings is 2. The van der Waals surface area contributed by atoms with Gasteiger partial charge in [-0.15, -0.1) is 0 Å². The molecule has 0 amide bonds. The Balaban J connectivity index is 1.36. The van der Waals surface area contributed by atoms with Gasteiger partial charge < -0.3 is 23.7 Å². The summed E-state index contributed by atoms with van der Waals surface area (Å²) >= 11 is 0. The monoisotopic (exact) mass is 455 g/mol. The second kappa shape index (κ2) is 8.15. The van der Waals surface area contributed by atoms with Gasteiger partial charge in [0.25, 0.3) is 0 Å². The average Bonchev–Trinajstić information content (AvgIpc) is 3.66. The maximum atomic E-state index is 13.2. The zero-order valence-corrected chi connectivity index (χ0v) is 20.0. The van der Waals surface area contributed by atoms with Crippen molar-refractivity contribution in [2.75, 3.05) is 20.8 Å². The Morgan fingerprint density at radius 2 is 2.06 bits per heavy atom. The molecule has 3 aliphatic rings. The first-order valence-electron chi connectivity index (χ1n) is 11.7. The molecule has 3 fully saturated rings. The van der Waals surface area contributed by atoms with Crippen LogP contribution in [0, 0.1) is 5.92 Å². The number of methoxy groups -OCH3 is 2. The molecule has 178 valence electrons. The minimum atomic E-state index is -0.406. The summed E-state index contributed by atoms with van der Waals surface area (Å²) in [4.78, 5) is 13.2. The Kier molecular flexibility index (Phi) is 5.54. The first-order valence-corrected chi connectivity index (χ1v) is 11.7. The highest BCUT2D eigenvalue weighted by Crippen LogP contribution is 2.59. The largest absolute Gasteiger partial charge is 0.497 e. The van der Waals surface area contributed by atoms with E-state index in [1.165, 1.54) is 5.57 Å². The van der Waals surface area contributed by atoms with Gasteiger partial charge in [-0.05, 0) is 64.3 Å². The molecule has 0 bridgehead atoms. The number of allylic oxidation sites excluding steroid dienone is 1. The lowest BCUT2D eigenvalue weighted by Gasteiger charge is -2.42. The van der Waals surface area contributed by atoms with Gasteiger partial charge in [-0.3, -0.25) is 4.57 Å². The van der Waals surface area contributed by atoms with Crippen molar-refractivity contribution in [2.24, 2.45) is 5.92 Å². The molecule has 1 saturated carbocycles. The Bertz CT molecular complexity index is 1080. The Labute approximate surface area is 194 Å². The molecule has 3 heterocycles. The number of fused-ring (bicyclic) bond motifs is 1. The number of aromatic nitrogens is 1. The second-order valence-electron chi connectivity index (χ2n) is 9.91. The lowest BCUT2D eigenvalue weighted by atomic mass is 9.68. The van der Waals surface area contributed by atoms with Crippen molar-refractivity contribution in [1.82, 2.24) is 4.57 Å². The third kappa shape index (κ3) is 3.86. The summed E-state index contributed by atoms with van der Waals surface area (Å²) in [6, 6.07) is 7.50. The van der Waals surface area contributed by atoms with Crippen molar-refractivity contribution in [3.63, 3.8) is 0 Å². The highest BCUT2D eigenvalue weighted by atomic mass is 16.6. The molecule has 1 spiro atoms. The quantitative estimate of drug-likeness (QED) is 0.464. The van der Waals surface area contributed by atoms with E-state index in [0.29, 0.717) is 13.0 Å². The Morgan fingerprint density at radius 1 is 1.27 bits per heavy atom. The van der Waals surface area contributed by atoms with E-state index in [-0.39, 0.29) is 35.4 Å². The molecule has 1 aliphatic carbocycles. The van der Waals surface area contributed by atoms with Crippen LogP contribution in [0.3, 0.4) is 0 Å². The number of nitrogens with zero attached hydrogens (tertiary/aromatic N) is 1. The molecule has 2 aromatic rings. The van der Waals surface area contributed by atoms with Gasteiger partial charge in [-0.2, -0.15) is 0 Å². The van der Waals surface area contributed by atoms with Crippen LogP contribution in [0.15, 0.2) is 42.1 Å². The predicted molar refractivity (Wildman–Crippen MR) is 124 cm³/mol. The van der Waals surface area contributed by atoms with Crippen LogP contribution in [-0.2, 0) is 18.9 Å². The van der Waals surface area contributed by atoms with Gasteiger partial charge in [0.05, 0.1) is 31.3 Å². The van der Waals surface area contributed by atoms with Crippen molar-refractivity contribution >= 4 is 17.0 Å². The number of carbonyl (C=O) groups excluding carboxylic acids is 1. The van der Waals surface area contributed by atoms with Gasteiger partial charge in [-0.1, -0.05) is 11.6 Å². The molecule has 5 rings (SSSR count). The number of benzene rings is 1. The van der Waals surface area contributed by atoms with E-state index in [4.69, 9.17) is 23.7 Å². The molecule has 2 saturated heterocycles. The van der Waals surface area contributed by atoms with Crippen LogP contribution in [-0.4, -0.2) is 61.0 Å². The van der Waals surface area contributed by atoms with Gasteiger partial charge in [0.2, 0.25) is 0 Å². The lowest BCUT2D eigenvalue weighted by molar-refractivity contribution is -0.117. The zero-order valence-electron chi connectivity index (χ0n) is 20.0. The van der Waals surface area contributed by atoms with Gasteiger partial charge in [0.15, 0.2) is 0 Å². The molecular weight excluding hydrogens is 422 g/mol. The first kappa shape index (κ1) is 22.4. The van der Waals surface area contributed by atoms with Crippen LogP contribution < -0.4 is 4.74 Å². The van der Waals surface area contributed by atoms with Gasteiger partial charge >= 0.3 is 6.09 Å². The van der Waals surface area contributed by atoms with E-state index in [0.717, 1.165) is 29.5 Å². The average molecular weight is 456 g/mol. The van der Waals surface area contributed by atoms with Crippen LogP contribution in [0.1, 0.15) is 40.0 Å². The minimum absolute atomic E-state index is 0.00257. The highest BCUT2D eigenvalue weighted by Gasteiger charge is 2.72. The lowest BCUT2D eigenvalue weighted by Crippen LogP contribution is -2.55. The number of hydrogen-bond donors (Lipinski definition) is 0. The van der Waals surface area contributed by atoms with Gasteiger partial charge in [0.1, 0.15) is 29.2 Å². The summed E-state index contributed by atoms with van der Waals surface area (Å²) in [5.41, 5.74) is 1.46. The topological polar surface area (TPSA) is 74.8 Å². The summed E-state index contributed by atoms with van der Waals surface area (Å²) in [5, 5.41) is 0.919. The van der Waals surface area contributed by atoms with Crippen LogP contribution in [0.5, 0.6) is 5.75 Å². The first-order chi connectivity index (χ1) is 15.8. The summed E-state index contributed by atoms with van der Waals surface area (Å²) in [7, 11) is 3.32. The molecule has 7 heteroatoms. The molecule has 2 aliphatic heterocycles. The van der Waals surface area contributed by atoms with Crippen molar-refractivity contribution in [1.29, 1.82) is 0 Å². The van der Waals surface area contributed by atoms with E-state index in [1.807, 2.05) is 24.3 Å². The fourth-order valence-corrected chi connectivity index (χ4v) is 5.66. The van der Waals surface area contributed by atoms with E-state index in [9.17, 15) is 4.79 Å². The number of rotatable bonds is 6. The number of carbonyl (C=O) groups is 1. The summed E-state index contributed by atoms with van der Waals surface area (Å²) in [6.07, 6.45) is 5.38. The van der Waals surface area contributed by atoms with E-state index >= 15 is 0 Å². The molecule has 0 N–H and O–H groups in total. The fraction of sp³-hybridized carbons (Fsp3) is 0.577. The summed E-state index contributed by atoms with van der Waals surface area (Å²) < 4.78 is 31.1. The highest BCUT2D eigenvalue weighted by molar-refractivity contribution is 5.90. The van der Waals surface area contributed by atoms with E-state index in [1.54, 1.807) is 25.0 Å². The van der Waals surface area contributed by atoms with Crippen molar-refractivity contribution < 1.29 is 28.5 Å². The molecule has 1 aromatic heterocycles. The van der Waals surface area contributed by atoms with Gasteiger partial charge in [-0.25, -0.2) is 4.79 Å². The minimum Gasteiger partial charge on any atom is -0.497 e. The van der Waals surface area contributed by atoms with Crippen LogP contribution in [0.4, 0.5) is 4.79 Å². The maximum Gasteiger partial charge on any atom is 0.418 e. The van der Waals surface area contributed by atoms with E-state index in [2.05, 4.69) is 26.8 Å². The molecule has 1 unspecified atom stereocenters. The molecular formula is C26H33NO6. The number of ether oxygens (including phenoxy) is 5. The SMILES string of the molecule is COc1ccc2c(ccn2C(=O)O[C@@H]2CC[C@]3(CO3)[C@@H](C3(C)O[C@@H]3CC=C(C)C)[C@@H]2OC)c1. The predicted octanol–water partition coefficient (Wildman–Crippen LogP) is 4.71. The molecule has 0 radical (unpaired) electrons. The summed E-state index contributed by atoms with van der Waals surface area (Å²) in [5.74, 6) is 0.751. The Hall–Kier alpha value is -2.35. The fourth-order valence-electron chi connectivity index (χ4n) is 5.66. The zero-order chi connectivity index (χ0) is 23.4. The van der Waals surface area contributed by atoms with Crippen molar-refractivity contribution in [2.45, 2.75) is 69.5 Å². The van der Waals surface area contributed by atoms with Crippen molar-refractivity contribution in [3.8, 4) is 5.75 Å².